The maximum absolute atomic E-state index is 12.6. The first kappa shape index (κ1) is 21.0. The van der Waals surface area contributed by atoms with E-state index >= 15 is 0 Å². The van der Waals surface area contributed by atoms with E-state index < -0.39 is 0 Å². The first-order valence-corrected chi connectivity index (χ1v) is 10.00. The minimum atomic E-state index is -0.0793. The molecule has 1 fully saturated rings. The van der Waals surface area contributed by atoms with Crippen molar-refractivity contribution in [2.45, 2.75) is 12.8 Å². The molecule has 1 aliphatic rings. The van der Waals surface area contributed by atoms with Crippen molar-refractivity contribution in [1.82, 2.24) is 9.80 Å². The molecule has 0 aromatic heterocycles. The number of benzene rings is 2. The Morgan fingerprint density at radius 3 is 2.07 bits per heavy atom. The monoisotopic (exact) mass is 416 g/mol. The van der Waals surface area contributed by atoms with Crippen LogP contribution in [0.4, 0.5) is 0 Å². The lowest BCUT2D eigenvalue weighted by Gasteiger charge is -2.22. The number of carbonyl (C=O) groups is 2. The number of hydrogen-bond donors (Lipinski definition) is 0. The maximum atomic E-state index is 12.6. The Balaban J connectivity index is 1.47. The van der Waals surface area contributed by atoms with Crippen LogP contribution >= 0.6 is 11.6 Å². The minimum absolute atomic E-state index is 0.0264. The average Bonchev–Trinajstić information content (AvgIpc) is 3.00. The topological polar surface area (TPSA) is 59.1 Å². The Hall–Kier alpha value is -2.73. The van der Waals surface area contributed by atoms with Gasteiger partial charge in [0.1, 0.15) is 11.5 Å². The highest BCUT2D eigenvalue weighted by Crippen LogP contribution is 2.16. The van der Waals surface area contributed by atoms with Gasteiger partial charge in [0, 0.05) is 31.2 Å². The molecular weight excluding hydrogens is 392 g/mol. The summed E-state index contributed by atoms with van der Waals surface area (Å²) in [4.78, 5) is 28.7. The lowest BCUT2D eigenvalue weighted by Crippen LogP contribution is -2.39. The van der Waals surface area contributed by atoms with Crippen LogP contribution in [0.15, 0.2) is 48.5 Å². The molecule has 1 aliphatic heterocycles. The van der Waals surface area contributed by atoms with E-state index in [2.05, 4.69) is 0 Å². The molecule has 6 nitrogen and oxygen atoms in total. The van der Waals surface area contributed by atoms with E-state index in [1.807, 2.05) is 29.2 Å². The van der Waals surface area contributed by atoms with Gasteiger partial charge < -0.3 is 19.3 Å². The summed E-state index contributed by atoms with van der Waals surface area (Å²) < 4.78 is 10.7. The molecule has 0 N–H and O–H groups in total. The van der Waals surface area contributed by atoms with E-state index in [0.717, 1.165) is 17.7 Å². The average molecular weight is 417 g/mol. The van der Waals surface area contributed by atoms with Gasteiger partial charge in [-0.15, -0.1) is 0 Å². The van der Waals surface area contributed by atoms with E-state index in [1.54, 1.807) is 36.3 Å². The fraction of sp³-hybridized carbons (Fsp3) is 0.364. The van der Waals surface area contributed by atoms with Crippen LogP contribution in [0.25, 0.3) is 0 Å². The number of ether oxygens (including phenoxy) is 2. The second-order valence-corrected chi connectivity index (χ2v) is 7.32. The van der Waals surface area contributed by atoms with Gasteiger partial charge in [0.15, 0.2) is 6.61 Å². The molecule has 0 unspecified atom stereocenters. The van der Waals surface area contributed by atoms with Gasteiger partial charge in [-0.1, -0.05) is 23.7 Å². The van der Waals surface area contributed by atoms with Crippen LogP contribution in [0.5, 0.6) is 11.5 Å². The molecule has 0 radical (unpaired) electrons. The molecule has 2 aromatic carbocycles. The van der Waals surface area contributed by atoms with E-state index in [4.69, 9.17) is 21.1 Å². The zero-order valence-corrected chi connectivity index (χ0v) is 17.2. The molecule has 0 bridgehead atoms. The molecule has 0 atom stereocenters. The van der Waals surface area contributed by atoms with Crippen molar-refractivity contribution < 1.29 is 19.1 Å². The van der Waals surface area contributed by atoms with Crippen molar-refractivity contribution >= 4 is 23.4 Å². The lowest BCUT2D eigenvalue weighted by molar-refractivity contribution is -0.134. The third-order valence-corrected chi connectivity index (χ3v) is 5.14. The highest BCUT2D eigenvalue weighted by Gasteiger charge is 2.22. The van der Waals surface area contributed by atoms with Crippen molar-refractivity contribution in [3.05, 3.63) is 59.1 Å². The summed E-state index contributed by atoms with van der Waals surface area (Å²) >= 11 is 5.85. The summed E-state index contributed by atoms with van der Waals surface area (Å²) in [5, 5.41) is 0.621. The zero-order chi connectivity index (χ0) is 20.6. The van der Waals surface area contributed by atoms with Gasteiger partial charge in [-0.05, 0) is 48.4 Å². The van der Waals surface area contributed by atoms with Gasteiger partial charge in [0.2, 0.25) is 5.91 Å². The zero-order valence-electron chi connectivity index (χ0n) is 16.5. The van der Waals surface area contributed by atoms with Crippen LogP contribution in [0.1, 0.15) is 12.0 Å². The van der Waals surface area contributed by atoms with E-state index in [0.29, 0.717) is 43.4 Å². The van der Waals surface area contributed by atoms with Crippen molar-refractivity contribution in [2.24, 2.45) is 0 Å². The first-order valence-electron chi connectivity index (χ1n) is 9.62. The molecule has 0 spiro atoms. The molecule has 29 heavy (non-hydrogen) atoms. The molecule has 154 valence electrons. The van der Waals surface area contributed by atoms with Crippen molar-refractivity contribution in [2.75, 3.05) is 39.9 Å². The largest absolute Gasteiger partial charge is 0.497 e. The molecule has 2 aromatic rings. The fourth-order valence-electron chi connectivity index (χ4n) is 3.21. The van der Waals surface area contributed by atoms with E-state index in [-0.39, 0.29) is 18.4 Å². The highest BCUT2D eigenvalue weighted by atomic mass is 35.5. The molecular formula is C22H25ClN2O4. The Kier molecular flexibility index (Phi) is 7.36. The predicted octanol–water partition coefficient (Wildman–Crippen LogP) is 3.03. The number of methoxy groups -OCH3 is 1. The van der Waals surface area contributed by atoms with Crippen molar-refractivity contribution in [3.63, 3.8) is 0 Å². The highest BCUT2D eigenvalue weighted by molar-refractivity contribution is 6.30. The summed E-state index contributed by atoms with van der Waals surface area (Å²) in [6.07, 6.45) is 1.10. The van der Waals surface area contributed by atoms with Crippen LogP contribution in [0.3, 0.4) is 0 Å². The minimum Gasteiger partial charge on any atom is -0.497 e. The Labute approximate surface area is 176 Å². The fourth-order valence-corrected chi connectivity index (χ4v) is 3.34. The second kappa shape index (κ2) is 10.2. The van der Waals surface area contributed by atoms with Gasteiger partial charge in [-0.2, -0.15) is 0 Å². The smallest absolute Gasteiger partial charge is 0.260 e. The van der Waals surface area contributed by atoms with Crippen LogP contribution < -0.4 is 9.47 Å². The lowest BCUT2D eigenvalue weighted by atomic mass is 10.1. The van der Waals surface area contributed by atoms with Crippen LogP contribution in [0.2, 0.25) is 5.02 Å². The standard InChI is InChI=1S/C22H25ClN2O4/c1-28-19-7-3-17(4-8-19)15-21(26)24-11-2-12-25(14-13-24)22(27)16-29-20-9-5-18(23)6-10-20/h3-10H,2,11-16H2,1H3. The summed E-state index contributed by atoms with van der Waals surface area (Å²) in [7, 11) is 1.62. The molecule has 1 heterocycles. The second-order valence-electron chi connectivity index (χ2n) is 6.88. The number of carbonyl (C=O) groups excluding carboxylic acids is 2. The normalized spacial score (nSPS) is 14.3. The molecule has 1 saturated heterocycles. The Morgan fingerprint density at radius 2 is 1.45 bits per heavy atom. The molecule has 0 saturated carbocycles. The number of amides is 2. The Morgan fingerprint density at radius 1 is 0.862 bits per heavy atom. The summed E-state index contributed by atoms with van der Waals surface area (Å²) in [5.41, 5.74) is 0.948. The third-order valence-electron chi connectivity index (χ3n) is 4.89. The van der Waals surface area contributed by atoms with Gasteiger partial charge in [0.25, 0.3) is 5.91 Å². The van der Waals surface area contributed by atoms with Crippen molar-refractivity contribution in [1.29, 1.82) is 0 Å². The van der Waals surface area contributed by atoms with Crippen LogP contribution in [-0.2, 0) is 16.0 Å². The number of halogens is 1. The SMILES string of the molecule is COc1ccc(CC(=O)N2CCCN(C(=O)COc3ccc(Cl)cc3)CC2)cc1. The van der Waals surface area contributed by atoms with Crippen LogP contribution in [0, 0.1) is 0 Å². The number of hydrogen-bond acceptors (Lipinski definition) is 4. The van der Waals surface area contributed by atoms with Gasteiger partial charge >= 0.3 is 0 Å². The third kappa shape index (κ3) is 6.12. The van der Waals surface area contributed by atoms with Gasteiger partial charge in [-0.25, -0.2) is 0 Å². The molecule has 3 rings (SSSR count). The van der Waals surface area contributed by atoms with E-state index in [1.165, 1.54) is 0 Å². The maximum Gasteiger partial charge on any atom is 0.260 e. The molecule has 0 aliphatic carbocycles. The number of nitrogens with zero attached hydrogens (tertiary/aromatic N) is 2. The summed E-state index contributed by atoms with van der Waals surface area (Å²) in [6, 6.07) is 14.4. The quantitative estimate of drug-likeness (QED) is 0.726. The molecule has 2 amide bonds. The predicted molar refractivity (Wildman–Crippen MR) is 111 cm³/mol. The first-order chi connectivity index (χ1) is 14.0. The number of rotatable bonds is 6. The van der Waals surface area contributed by atoms with Gasteiger partial charge in [0.05, 0.1) is 13.5 Å². The van der Waals surface area contributed by atoms with Crippen LogP contribution in [-0.4, -0.2) is 61.5 Å². The summed E-state index contributed by atoms with van der Waals surface area (Å²) in [6.45, 7) is 2.28. The van der Waals surface area contributed by atoms with Gasteiger partial charge in [-0.3, -0.25) is 9.59 Å². The summed E-state index contributed by atoms with van der Waals surface area (Å²) in [5.74, 6) is 1.37. The van der Waals surface area contributed by atoms with E-state index in [9.17, 15) is 9.59 Å². The molecule has 7 heteroatoms. The Bertz CT molecular complexity index is 824. The van der Waals surface area contributed by atoms with Crippen molar-refractivity contribution in [3.8, 4) is 11.5 Å².